The maximum absolute atomic E-state index is 9.00. The number of halogens is 1. The van der Waals surface area contributed by atoms with E-state index in [0.29, 0.717) is 28.0 Å². The summed E-state index contributed by atoms with van der Waals surface area (Å²) in [4.78, 5) is 8.79. The highest BCUT2D eigenvalue weighted by Gasteiger charge is 2.05. The summed E-state index contributed by atoms with van der Waals surface area (Å²) in [6.45, 7) is 3.78. The molecule has 0 bridgehead atoms. The van der Waals surface area contributed by atoms with Crippen LogP contribution in [0.3, 0.4) is 0 Å². The molecular weight excluding hydrogens is 334 g/mol. The maximum atomic E-state index is 9.00. The van der Waals surface area contributed by atoms with Crippen LogP contribution in [-0.2, 0) is 0 Å². The second-order valence-electron chi connectivity index (χ2n) is 5.59. The van der Waals surface area contributed by atoms with Crippen LogP contribution >= 0.6 is 11.6 Å². The molecule has 0 radical (unpaired) electrons. The lowest BCUT2D eigenvalue weighted by Crippen LogP contribution is -2.01. The third-order valence-corrected chi connectivity index (χ3v) is 3.95. The molecule has 0 amide bonds. The Morgan fingerprint density at radius 3 is 2.24 bits per heavy atom. The Labute approximate surface area is 151 Å². The number of nitrogens with zero attached hydrogens (tertiary/aromatic N) is 3. The Morgan fingerprint density at radius 1 is 0.920 bits per heavy atom. The van der Waals surface area contributed by atoms with E-state index < -0.39 is 0 Å². The van der Waals surface area contributed by atoms with Gasteiger partial charge in [0.05, 0.1) is 11.6 Å². The molecule has 0 aliphatic heterocycles. The number of anilines is 4. The average Bonchev–Trinajstić information content (AvgIpc) is 2.58. The second kappa shape index (κ2) is 7.20. The van der Waals surface area contributed by atoms with Gasteiger partial charge >= 0.3 is 0 Å². The van der Waals surface area contributed by atoms with Crippen molar-refractivity contribution >= 4 is 34.6 Å². The SMILES string of the molecule is Cc1nc(Nc2cccc(C#N)c2)cc(Nc2ccc(C)c(Cl)c2)n1. The molecule has 2 aromatic carbocycles. The van der Waals surface area contributed by atoms with E-state index in [1.165, 1.54) is 0 Å². The fraction of sp³-hybridized carbons (Fsp3) is 0.105. The molecule has 2 N–H and O–H groups in total. The van der Waals surface area contributed by atoms with Crippen molar-refractivity contribution in [2.24, 2.45) is 0 Å². The molecule has 0 saturated carbocycles. The molecule has 0 atom stereocenters. The minimum atomic E-state index is 0.587. The zero-order valence-electron chi connectivity index (χ0n) is 13.8. The van der Waals surface area contributed by atoms with Crippen LogP contribution in [0.1, 0.15) is 17.0 Å². The van der Waals surface area contributed by atoms with Gasteiger partial charge in [-0.1, -0.05) is 23.7 Å². The van der Waals surface area contributed by atoms with Crippen molar-refractivity contribution in [3.05, 3.63) is 70.5 Å². The number of aromatic nitrogens is 2. The minimum absolute atomic E-state index is 0.587. The molecule has 0 spiro atoms. The number of nitriles is 1. The zero-order chi connectivity index (χ0) is 17.8. The first-order chi connectivity index (χ1) is 12.0. The third-order valence-electron chi connectivity index (χ3n) is 3.55. The standard InChI is InChI=1S/C19H16ClN5/c1-12-6-7-16(9-17(12)20)25-19-10-18(22-13(2)23-19)24-15-5-3-4-14(8-15)11-21/h3-10H,1-2H3,(H2,22,23,24,25). The van der Waals surface area contributed by atoms with E-state index >= 15 is 0 Å². The molecule has 3 rings (SSSR count). The van der Waals surface area contributed by atoms with Crippen LogP contribution in [0.15, 0.2) is 48.5 Å². The summed E-state index contributed by atoms with van der Waals surface area (Å²) in [6.07, 6.45) is 0. The van der Waals surface area contributed by atoms with Gasteiger partial charge in [0.2, 0.25) is 0 Å². The first-order valence-corrected chi connectivity index (χ1v) is 8.07. The summed E-state index contributed by atoms with van der Waals surface area (Å²) in [5, 5.41) is 16.1. The highest BCUT2D eigenvalue weighted by molar-refractivity contribution is 6.31. The number of rotatable bonds is 4. The van der Waals surface area contributed by atoms with Gasteiger partial charge in [-0.3, -0.25) is 0 Å². The molecule has 0 saturated heterocycles. The fourth-order valence-corrected chi connectivity index (χ4v) is 2.51. The van der Waals surface area contributed by atoms with Crippen molar-refractivity contribution in [3.8, 4) is 6.07 Å². The Bertz CT molecular complexity index is 962. The Morgan fingerprint density at radius 2 is 1.60 bits per heavy atom. The van der Waals surface area contributed by atoms with Gasteiger partial charge in [-0.2, -0.15) is 5.26 Å². The highest BCUT2D eigenvalue weighted by atomic mass is 35.5. The largest absolute Gasteiger partial charge is 0.340 e. The van der Waals surface area contributed by atoms with Gasteiger partial charge in [0.15, 0.2) is 0 Å². The lowest BCUT2D eigenvalue weighted by atomic mass is 10.2. The Kier molecular flexibility index (Phi) is 4.82. The Balaban J connectivity index is 1.84. The lowest BCUT2D eigenvalue weighted by molar-refractivity contribution is 1.06. The summed E-state index contributed by atoms with van der Waals surface area (Å²) in [5.41, 5.74) is 3.25. The first-order valence-electron chi connectivity index (χ1n) is 7.69. The van der Waals surface area contributed by atoms with Crippen LogP contribution in [0.2, 0.25) is 5.02 Å². The predicted molar refractivity (Wildman–Crippen MR) is 101 cm³/mol. The van der Waals surface area contributed by atoms with E-state index in [2.05, 4.69) is 26.7 Å². The summed E-state index contributed by atoms with van der Waals surface area (Å²) in [5.74, 6) is 1.93. The number of nitrogens with one attached hydrogen (secondary N) is 2. The normalized spacial score (nSPS) is 10.2. The average molecular weight is 350 g/mol. The molecular formula is C19H16ClN5. The van der Waals surface area contributed by atoms with E-state index in [-0.39, 0.29) is 0 Å². The van der Waals surface area contributed by atoms with Crippen molar-refractivity contribution in [1.82, 2.24) is 9.97 Å². The van der Waals surface area contributed by atoms with Crippen LogP contribution in [0, 0.1) is 25.2 Å². The van der Waals surface area contributed by atoms with Gasteiger partial charge in [-0.05, 0) is 49.7 Å². The minimum Gasteiger partial charge on any atom is -0.340 e. The molecule has 1 heterocycles. The number of hydrogen-bond donors (Lipinski definition) is 2. The van der Waals surface area contributed by atoms with Gasteiger partial charge in [-0.15, -0.1) is 0 Å². The molecule has 0 fully saturated rings. The first kappa shape index (κ1) is 16.7. The molecule has 3 aromatic rings. The molecule has 0 aliphatic rings. The maximum Gasteiger partial charge on any atom is 0.136 e. The smallest absolute Gasteiger partial charge is 0.136 e. The summed E-state index contributed by atoms with van der Waals surface area (Å²) in [7, 11) is 0. The van der Waals surface area contributed by atoms with Crippen molar-refractivity contribution in [3.63, 3.8) is 0 Å². The number of aryl methyl sites for hydroxylation is 2. The summed E-state index contributed by atoms with van der Waals surface area (Å²) in [6, 6.07) is 16.9. The Hall–Kier alpha value is -3.10. The third kappa shape index (κ3) is 4.25. The summed E-state index contributed by atoms with van der Waals surface area (Å²) >= 11 is 6.17. The molecule has 1 aromatic heterocycles. The molecule has 25 heavy (non-hydrogen) atoms. The highest BCUT2D eigenvalue weighted by Crippen LogP contribution is 2.24. The monoisotopic (exact) mass is 349 g/mol. The van der Waals surface area contributed by atoms with E-state index in [4.69, 9.17) is 16.9 Å². The second-order valence-corrected chi connectivity index (χ2v) is 6.00. The van der Waals surface area contributed by atoms with Gasteiger partial charge in [0, 0.05) is 22.5 Å². The topological polar surface area (TPSA) is 73.6 Å². The van der Waals surface area contributed by atoms with Crippen LogP contribution in [0.5, 0.6) is 0 Å². The predicted octanol–water partition coefficient (Wildman–Crippen LogP) is 5.11. The molecule has 5 nitrogen and oxygen atoms in total. The van der Waals surface area contributed by atoms with E-state index in [1.807, 2.05) is 44.2 Å². The molecule has 0 unspecified atom stereocenters. The van der Waals surface area contributed by atoms with Crippen LogP contribution in [0.25, 0.3) is 0 Å². The number of hydrogen-bond acceptors (Lipinski definition) is 5. The van der Waals surface area contributed by atoms with E-state index in [1.54, 1.807) is 18.2 Å². The van der Waals surface area contributed by atoms with Crippen molar-refractivity contribution in [2.75, 3.05) is 10.6 Å². The van der Waals surface area contributed by atoms with E-state index in [0.717, 1.165) is 16.9 Å². The quantitative estimate of drug-likeness (QED) is 0.685. The molecule has 6 heteroatoms. The zero-order valence-corrected chi connectivity index (χ0v) is 14.6. The van der Waals surface area contributed by atoms with Crippen molar-refractivity contribution in [2.45, 2.75) is 13.8 Å². The van der Waals surface area contributed by atoms with Gasteiger partial charge in [-0.25, -0.2) is 9.97 Å². The van der Waals surface area contributed by atoms with Crippen LogP contribution in [0.4, 0.5) is 23.0 Å². The van der Waals surface area contributed by atoms with Crippen molar-refractivity contribution < 1.29 is 0 Å². The van der Waals surface area contributed by atoms with Gasteiger partial charge in [0.1, 0.15) is 17.5 Å². The van der Waals surface area contributed by atoms with Crippen molar-refractivity contribution in [1.29, 1.82) is 5.26 Å². The molecule has 0 aliphatic carbocycles. The summed E-state index contributed by atoms with van der Waals surface area (Å²) < 4.78 is 0. The fourth-order valence-electron chi connectivity index (χ4n) is 2.33. The molecule has 124 valence electrons. The van der Waals surface area contributed by atoms with Gasteiger partial charge in [0.25, 0.3) is 0 Å². The number of benzene rings is 2. The lowest BCUT2D eigenvalue weighted by Gasteiger charge is -2.11. The van der Waals surface area contributed by atoms with Crippen LogP contribution in [-0.4, -0.2) is 9.97 Å². The van der Waals surface area contributed by atoms with Gasteiger partial charge < -0.3 is 10.6 Å². The van der Waals surface area contributed by atoms with E-state index in [9.17, 15) is 0 Å². The van der Waals surface area contributed by atoms with Crippen LogP contribution < -0.4 is 10.6 Å².